The highest BCUT2D eigenvalue weighted by Gasteiger charge is 2.20. The highest BCUT2D eigenvalue weighted by molar-refractivity contribution is 6.31. The zero-order chi connectivity index (χ0) is 10.6. The molecule has 1 heterocycles. The quantitative estimate of drug-likeness (QED) is 0.771. The van der Waals surface area contributed by atoms with Crippen LogP contribution in [0.4, 0.5) is 0 Å². The molecule has 0 bridgehead atoms. The van der Waals surface area contributed by atoms with E-state index in [9.17, 15) is 4.79 Å². The van der Waals surface area contributed by atoms with Gasteiger partial charge in [0.05, 0.1) is 17.3 Å². The Labute approximate surface area is 87.0 Å². The number of aromatic nitrogens is 1. The molecule has 0 saturated heterocycles. The van der Waals surface area contributed by atoms with Crippen LogP contribution >= 0.6 is 11.6 Å². The van der Waals surface area contributed by atoms with E-state index in [1.807, 2.05) is 0 Å². The van der Waals surface area contributed by atoms with Crippen LogP contribution in [0.15, 0.2) is 18.3 Å². The average Bonchev–Trinajstić information content (AvgIpc) is 2.18. The summed E-state index contributed by atoms with van der Waals surface area (Å²) in [5, 5.41) is 0.369. The van der Waals surface area contributed by atoms with Gasteiger partial charge in [0.25, 0.3) is 0 Å². The molecule has 0 spiro atoms. The van der Waals surface area contributed by atoms with Crippen LogP contribution in [0.5, 0.6) is 0 Å². The van der Waals surface area contributed by atoms with E-state index in [0.717, 1.165) is 0 Å². The fourth-order valence-electron chi connectivity index (χ4n) is 0.970. The fraction of sp³-hybridized carbons (Fsp3) is 0.333. The molecule has 5 heteroatoms. The summed E-state index contributed by atoms with van der Waals surface area (Å²) in [6, 6.07) is 2.39. The topological polar surface area (TPSA) is 65.2 Å². The second-order valence-corrected chi connectivity index (χ2v) is 3.01. The number of rotatable bonds is 3. The minimum atomic E-state index is -0.913. The Morgan fingerprint density at radius 2 is 2.50 bits per heavy atom. The minimum absolute atomic E-state index is 0.289. The van der Waals surface area contributed by atoms with Crippen molar-refractivity contribution in [1.29, 1.82) is 0 Å². The molecule has 0 aliphatic rings. The molecule has 1 aromatic heterocycles. The van der Waals surface area contributed by atoms with Crippen LogP contribution in [0.2, 0.25) is 5.02 Å². The number of ether oxygens (including phenoxy) is 1. The molecule has 0 aliphatic heterocycles. The van der Waals surface area contributed by atoms with E-state index >= 15 is 0 Å². The summed E-state index contributed by atoms with van der Waals surface area (Å²) < 4.78 is 4.75. The summed E-state index contributed by atoms with van der Waals surface area (Å²) in [6.45, 7) is 2.00. The van der Waals surface area contributed by atoms with E-state index in [4.69, 9.17) is 22.1 Å². The third-order valence-corrected chi connectivity index (χ3v) is 1.94. The first-order valence-electron chi connectivity index (χ1n) is 4.19. The molecule has 1 rings (SSSR count). The third-order valence-electron chi connectivity index (χ3n) is 1.62. The number of hydrogen-bond donors (Lipinski definition) is 1. The molecule has 0 aromatic carbocycles. The van der Waals surface area contributed by atoms with Crippen LogP contribution in [-0.4, -0.2) is 17.6 Å². The molecule has 1 unspecified atom stereocenters. The lowest BCUT2D eigenvalue weighted by Gasteiger charge is -2.10. The van der Waals surface area contributed by atoms with Crippen LogP contribution in [0.3, 0.4) is 0 Å². The SMILES string of the molecule is CCOC(=O)C(N)c1ncccc1Cl. The van der Waals surface area contributed by atoms with Gasteiger partial charge in [0, 0.05) is 6.20 Å². The summed E-state index contributed by atoms with van der Waals surface area (Å²) in [5.74, 6) is -0.520. The van der Waals surface area contributed by atoms with Gasteiger partial charge in [-0.1, -0.05) is 11.6 Å². The van der Waals surface area contributed by atoms with Gasteiger partial charge < -0.3 is 10.5 Å². The number of nitrogens with two attached hydrogens (primary N) is 1. The molecule has 0 aliphatic carbocycles. The summed E-state index contributed by atoms with van der Waals surface area (Å²) in [5.41, 5.74) is 5.94. The number of hydrogen-bond acceptors (Lipinski definition) is 4. The van der Waals surface area contributed by atoms with E-state index < -0.39 is 12.0 Å². The maximum absolute atomic E-state index is 11.2. The van der Waals surface area contributed by atoms with Crippen molar-refractivity contribution in [3.63, 3.8) is 0 Å². The number of carbonyl (C=O) groups excluding carboxylic acids is 1. The van der Waals surface area contributed by atoms with Gasteiger partial charge in [0.1, 0.15) is 6.04 Å². The number of nitrogens with zero attached hydrogens (tertiary/aromatic N) is 1. The molecular weight excluding hydrogens is 204 g/mol. The molecule has 1 atom stereocenters. The third kappa shape index (κ3) is 2.43. The van der Waals surface area contributed by atoms with Crippen molar-refractivity contribution in [2.75, 3.05) is 6.61 Å². The van der Waals surface area contributed by atoms with Gasteiger partial charge >= 0.3 is 5.97 Å². The van der Waals surface area contributed by atoms with Gasteiger partial charge in [-0.2, -0.15) is 0 Å². The van der Waals surface area contributed by atoms with Crippen molar-refractivity contribution in [2.24, 2.45) is 5.73 Å². The van der Waals surface area contributed by atoms with Crippen LogP contribution in [0.25, 0.3) is 0 Å². The molecule has 14 heavy (non-hydrogen) atoms. The number of esters is 1. The number of carbonyl (C=O) groups is 1. The molecule has 4 nitrogen and oxygen atoms in total. The van der Waals surface area contributed by atoms with E-state index in [0.29, 0.717) is 10.7 Å². The standard InChI is InChI=1S/C9H11ClN2O2/c1-2-14-9(13)7(11)8-6(10)4-3-5-12-8/h3-5,7H,2,11H2,1H3. The Morgan fingerprint density at radius 1 is 1.79 bits per heavy atom. The summed E-state index contributed by atoms with van der Waals surface area (Å²) in [4.78, 5) is 15.2. The van der Waals surface area contributed by atoms with Crippen molar-refractivity contribution >= 4 is 17.6 Å². The smallest absolute Gasteiger partial charge is 0.329 e. The average molecular weight is 215 g/mol. The fourth-order valence-corrected chi connectivity index (χ4v) is 1.21. The predicted molar refractivity (Wildman–Crippen MR) is 52.8 cm³/mol. The van der Waals surface area contributed by atoms with Crippen molar-refractivity contribution in [1.82, 2.24) is 4.98 Å². The Kier molecular flexibility index (Phi) is 3.85. The minimum Gasteiger partial charge on any atom is -0.465 e. The normalized spacial score (nSPS) is 12.2. The Balaban J connectivity index is 2.84. The van der Waals surface area contributed by atoms with E-state index in [2.05, 4.69) is 4.98 Å². The molecule has 0 radical (unpaired) electrons. The molecular formula is C9H11ClN2O2. The van der Waals surface area contributed by atoms with Gasteiger partial charge in [-0.25, -0.2) is 4.79 Å². The maximum Gasteiger partial charge on any atom is 0.329 e. The lowest BCUT2D eigenvalue weighted by molar-refractivity contribution is -0.144. The number of pyridine rings is 1. The second kappa shape index (κ2) is 4.93. The monoisotopic (exact) mass is 214 g/mol. The van der Waals surface area contributed by atoms with Gasteiger partial charge in [-0.05, 0) is 19.1 Å². The Hall–Kier alpha value is -1.13. The molecule has 0 saturated carbocycles. The lowest BCUT2D eigenvalue weighted by atomic mass is 10.2. The second-order valence-electron chi connectivity index (χ2n) is 2.60. The highest BCUT2D eigenvalue weighted by atomic mass is 35.5. The molecule has 0 amide bonds. The van der Waals surface area contributed by atoms with Gasteiger partial charge in [-0.3, -0.25) is 4.98 Å². The molecule has 0 fully saturated rings. The van der Waals surface area contributed by atoms with Gasteiger partial charge in [0.2, 0.25) is 0 Å². The van der Waals surface area contributed by atoms with Crippen LogP contribution in [0.1, 0.15) is 18.7 Å². The van der Waals surface area contributed by atoms with Crippen molar-refractivity contribution in [3.8, 4) is 0 Å². The largest absolute Gasteiger partial charge is 0.465 e. The van der Waals surface area contributed by atoms with Crippen LogP contribution in [0, 0.1) is 0 Å². The van der Waals surface area contributed by atoms with E-state index in [1.54, 1.807) is 19.1 Å². The van der Waals surface area contributed by atoms with Gasteiger partial charge in [-0.15, -0.1) is 0 Å². The Bertz CT molecular complexity index is 330. The predicted octanol–water partition coefficient (Wildman–Crippen LogP) is 1.30. The van der Waals surface area contributed by atoms with Crippen LogP contribution < -0.4 is 5.73 Å². The zero-order valence-corrected chi connectivity index (χ0v) is 8.49. The summed E-state index contributed by atoms with van der Waals surface area (Å²) >= 11 is 5.81. The molecule has 2 N–H and O–H groups in total. The zero-order valence-electron chi connectivity index (χ0n) is 7.74. The van der Waals surface area contributed by atoms with Crippen molar-refractivity contribution < 1.29 is 9.53 Å². The Morgan fingerprint density at radius 3 is 3.07 bits per heavy atom. The first-order chi connectivity index (χ1) is 6.66. The molecule has 1 aromatic rings. The summed E-state index contributed by atoms with van der Waals surface area (Å²) in [7, 11) is 0. The number of halogens is 1. The lowest BCUT2D eigenvalue weighted by Crippen LogP contribution is -2.24. The first kappa shape index (κ1) is 10.9. The maximum atomic E-state index is 11.2. The first-order valence-corrected chi connectivity index (χ1v) is 4.57. The van der Waals surface area contributed by atoms with Gasteiger partial charge in [0.15, 0.2) is 0 Å². The van der Waals surface area contributed by atoms with Crippen LogP contribution in [-0.2, 0) is 9.53 Å². The van der Waals surface area contributed by atoms with Crippen molar-refractivity contribution in [2.45, 2.75) is 13.0 Å². The highest BCUT2D eigenvalue weighted by Crippen LogP contribution is 2.18. The van der Waals surface area contributed by atoms with Crippen molar-refractivity contribution in [3.05, 3.63) is 29.0 Å². The van der Waals surface area contributed by atoms with E-state index in [-0.39, 0.29) is 6.61 Å². The van der Waals surface area contributed by atoms with E-state index in [1.165, 1.54) is 6.20 Å². The molecule has 76 valence electrons. The summed E-state index contributed by atoms with van der Waals surface area (Å²) in [6.07, 6.45) is 1.53.